The van der Waals surface area contributed by atoms with E-state index in [1.807, 2.05) is 6.20 Å². The van der Waals surface area contributed by atoms with E-state index < -0.39 is 0 Å². The van der Waals surface area contributed by atoms with E-state index >= 15 is 0 Å². The van der Waals surface area contributed by atoms with Crippen LogP contribution in [-0.2, 0) is 6.54 Å². The fraction of sp³-hybridized carbons (Fsp3) is 0.182. The monoisotopic (exact) mass is 251 g/mol. The third-order valence-electron chi connectivity index (χ3n) is 2.10. The third-order valence-corrected chi connectivity index (χ3v) is 3.77. The average molecular weight is 251 g/mol. The van der Waals surface area contributed by atoms with E-state index in [2.05, 4.69) is 40.8 Å². The van der Waals surface area contributed by atoms with Crippen LogP contribution in [0, 0.1) is 0 Å². The number of thiazole rings is 1. The number of nitrogens with one attached hydrogen (secondary N) is 1. The topological polar surface area (TPSA) is 50.9 Å². The molecule has 5 heteroatoms. The molecule has 16 heavy (non-hydrogen) atoms. The zero-order chi connectivity index (χ0) is 11.4. The molecule has 0 saturated heterocycles. The molecule has 0 aliphatic carbocycles. The first kappa shape index (κ1) is 11.4. The number of nitrogens with two attached hydrogens (primary N) is 1. The highest BCUT2D eigenvalue weighted by molar-refractivity contribution is 7.98. The zero-order valence-electron chi connectivity index (χ0n) is 8.93. The van der Waals surface area contributed by atoms with Gasteiger partial charge >= 0.3 is 0 Å². The van der Waals surface area contributed by atoms with Crippen molar-refractivity contribution in [2.75, 3.05) is 11.6 Å². The maximum absolute atomic E-state index is 5.53. The number of benzene rings is 1. The Bertz CT molecular complexity index is 451. The van der Waals surface area contributed by atoms with Crippen molar-refractivity contribution in [1.82, 2.24) is 4.98 Å². The van der Waals surface area contributed by atoms with Crippen LogP contribution in [0.2, 0.25) is 0 Å². The van der Waals surface area contributed by atoms with Gasteiger partial charge in [0, 0.05) is 28.2 Å². The lowest BCUT2D eigenvalue weighted by molar-refractivity contribution is 1.10. The number of anilines is 2. The Morgan fingerprint density at radius 3 is 2.69 bits per heavy atom. The van der Waals surface area contributed by atoms with Gasteiger partial charge in [-0.3, -0.25) is 0 Å². The Morgan fingerprint density at radius 2 is 2.12 bits per heavy atom. The van der Waals surface area contributed by atoms with Gasteiger partial charge in [0.05, 0.1) is 0 Å². The first-order valence-corrected chi connectivity index (χ1v) is 6.92. The van der Waals surface area contributed by atoms with Gasteiger partial charge < -0.3 is 11.1 Å². The van der Waals surface area contributed by atoms with Crippen LogP contribution >= 0.6 is 23.1 Å². The molecule has 0 atom stereocenters. The summed E-state index contributed by atoms with van der Waals surface area (Å²) in [5, 5.41) is 4.14. The smallest absolute Gasteiger partial charge is 0.187 e. The Labute approximate surface area is 103 Å². The highest BCUT2D eigenvalue weighted by Crippen LogP contribution is 2.24. The van der Waals surface area contributed by atoms with Gasteiger partial charge in [-0.05, 0) is 30.5 Å². The van der Waals surface area contributed by atoms with Gasteiger partial charge in [0.1, 0.15) is 0 Å². The van der Waals surface area contributed by atoms with Crippen LogP contribution in [0.1, 0.15) is 4.88 Å². The molecule has 0 saturated carbocycles. The van der Waals surface area contributed by atoms with Gasteiger partial charge in [-0.25, -0.2) is 4.98 Å². The Kier molecular flexibility index (Phi) is 3.82. The second-order valence-electron chi connectivity index (χ2n) is 3.19. The lowest BCUT2D eigenvalue weighted by Crippen LogP contribution is -1.91. The minimum atomic E-state index is 0.546. The highest BCUT2D eigenvalue weighted by atomic mass is 32.2. The molecule has 0 aliphatic heterocycles. The molecule has 0 unspecified atom stereocenters. The molecule has 0 fully saturated rings. The quantitative estimate of drug-likeness (QED) is 0.820. The minimum Gasteiger partial charge on any atom is -0.332 e. The summed E-state index contributed by atoms with van der Waals surface area (Å²) >= 11 is 3.32. The molecule has 84 valence electrons. The average Bonchev–Trinajstić information content (AvgIpc) is 2.78. The van der Waals surface area contributed by atoms with Crippen molar-refractivity contribution in [3.63, 3.8) is 0 Å². The number of rotatable bonds is 4. The zero-order valence-corrected chi connectivity index (χ0v) is 10.6. The van der Waals surface area contributed by atoms with Crippen LogP contribution < -0.4 is 11.1 Å². The molecule has 3 N–H and O–H groups in total. The van der Waals surface area contributed by atoms with Crippen LogP contribution in [0.5, 0.6) is 0 Å². The molecule has 0 bridgehead atoms. The molecule has 2 aromatic rings. The largest absolute Gasteiger partial charge is 0.332 e. The van der Waals surface area contributed by atoms with E-state index in [1.165, 1.54) is 4.90 Å². The fourth-order valence-electron chi connectivity index (χ4n) is 1.26. The van der Waals surface area contributed by atoms with E-state index in [1.54, 1.807) is 23.1 Å². The standard InChI is InChI=1S/C11H13N3S2/c1-15-9-4-2-8(3-5-9)14-11-13-7-10(6-12)16-11/h2-5,7H,6,12H2,1H3,(H,13,14). The lowest BCUT2D eigenvalue weighted by atomic mass is 10.3. The van der Waals surface area contributed by atoms with E-state index in [4.69, 9.17) is 5.73 Å². The molecule has 1 aromatic heterocycles. The Hall–Kier alpha value is -1.04. The maximum Gasteiger partial charge on any atom is 0.187 e. The van der Waals surface area contributed by atoms with E-state index in [-0.39, 0.29) is 0 Å². The predicted octanol–water partition coefficient (Wildman–Crippen LogP) is 3.07. The summed E-state index contributed by atoms with van der Waals surface area (Å²) in [4.78, 5) is 6.59. The number of hydrogen-bond donors (Lipinski definition) is 2. The minimum absolute atomic E-state index is 0.546. The van der Waals surface area contributed by atoms with Gasteiger partial charge in [-0.15, -0.1) is 23.1 Å². The van der Waals surface area contributed by atoms with Gasteiger partial charge in [0.25, 0.3) is 0 Å². The summed E-state index contributed by atoms with van der Waals surface area (Å²) in [5.74, 6) is 0. The Balaban J connectivity index is 2.08. The fourth-order valence-corrected chi connectivity index (χ4v) is 2.38. The molecule has 0 radical (unpaired) electrons. The summed E-state index contributed by atoms with van der Waals surface area (Å²) in [6.07, 6.45) is 3.88. The van der Waals surface area contributed by atoms with Crippen molar-refractivity contribution >= 4 is 33.9 Å². The van der Waals surface area contributed by atoms with Crippen molar-refractivity contribution in [3.8, 4) is 0 Å². The van der Waals surface area contributed by atoms with E-state index in [9.17, 15) is 0 Å². The normalized spacial score (nSPS) is 10.4. The first-order chi connectivity index (χ1) is 7.81. The molecule has 3 nitrogen and oxygen atoms in total. The summed E-state index contributed by atoms with van der Waals surface area (Å²) in [7, 11) is 0. The molecule has 2 rings (SSSR count). The van der Waals surface area contributed by atoms with Gasteiger partial charge in [0.15, 0.2) is 5.13 Å². The summed E-state index contributed by atoms with van der Waals surface area (Å²) in [6.45, 7) is 0.546. The summed E-state index contributed by atoms with van der Waals surface area (Å²) < 4.78 is 0. The molecule has 1 heterocycles. The van der Waals surface area contributed by atoms with Crippen LogP contribution in [0.25, 0.3) is 0 Å². The maximum atomic E-state index is 5.53. The van der Waals surface area contributed by atoms with Crippen molar-refractivity contribution in [2.45, 2.75) is 11.4 Å². The number of nitrogens with zero attached hydrogens (tertiary/aromatic N) is 1. The van der Waals surface area contributed by atoms with Gasteiger partial charge in [-0.2, -0.15) is 0 Å². The van der Waals surface area contributed by atoms with Crippen LogP contribution in [0.3, 0.4) is 0 Å². The predicted molar refractivity (Wildman–Crippen MR) is 71.5 cm³/mol. The van der Waals surface area contributed by atoms with Crippen molar-refractivity contribution in [1.29, 1.82) is 0 Å². The Morgan fingerprint density at radius 1 is 1.38 bits per heavy atom. The van der Waals surface area contributed by atoms with Crippen molar-refractivity contribution in [3.05, 3.63) is 35.3 Å². The van der Waals surface area contributed by atoms with Crippen LogP contribution in [0.4, 0.5) is 10.8 Å². The third kappa shape index (κ3) is 2.75. The molecule has 0 spiro atoms. The first-order valence-electron chi connectivity index (χ1n) is 4.87. The molecule has 0 aliphatic rings. The van der Waals surface area contributed by atoms with Crippen LogP contribution in [-0.4, -0.2) is 11.2 Å². The van der Waals surface area contributed by atoms with Gasteiger partial charge in [0.2, 0.25) is 0 Å². The lowest BCUT2D eigenvalue weighted by Gasteiger charge is -2.02. The summed E-state index contributed by atoms with van der Waals surface area (Å²) in [6, 6.07) is 8.28. The molecular weight excluding hydrogens is 238 g/mol. The SMILES string of the molecule is CSc1ccc(Nc2ncc(CN)s2)cc1. The molecule has 1 aromatic carbocycles. The summed E-state index contributed by atoms with van der Waals surface area (Å²) in [5.41, 5.74) is 6.59. The second-order valence-corrected chi connectivity index (χ2v) is 5.18. The van der Waals surface area contributed by atoms with Crippen LogP contribution in [0.15, 0.2) is 35.4 Å². The highest BCUT2D eigenvalue weighted by Gasteiger charge is 2.00. The van der Waals surface area contributed by atoms with Crippen molar-refractivity contribution in [2.24, 2.45) is 5.73 Å². The van der Waals surface area contributed by atoms with Crippen molar-refractivity contribution < 1.29 is 0 Å². The van der Waals surface area contributed by atoms with E-state index in [0.717, 1.165) is 15.7 Å². The number of aromatic nitrogens is 1. The second kappa shape index (κ2) is 5.34. The van der Waals surface area contributed by atoms with Gasteiger partial charge in [-0.1, -0.05) is 0 Å². The molecular formula is C11H13N3S2. The number of thioether (sulfide) groups is 1. The number of hydrogen-bond acceptors (Lipinski definition) is 5. The molecule has 0 amide bonds. The van der Waals surface area contributed by atoms with E-state index in [0.29, 0.717) is 6.54 Å².